The zero-order chi connectivity index (χ0) is 28.8. The molecule has 0 bridgehead atoms. The Morgan fingerprint density at radius 1 is 1.02 bits per heavy atom. The van der Waals surface area contributed by atoms with Crippen LogP contribution in [-0.4, -0.2) is 50.1 Å². The Kier molecular flexibility index (Phi) is 8.94. The zero-order valence-electron chi connectivity index (χ0n) is 23.2. The van der Waals surface area contributed by atoms with Crippen LogP contribution >= 0.6 is 11.6 Å². The summed E-state index contributed by atoms with van der Waals surface area (Å²) in [6.07, 6.45) is 4.00. The van der Waals surface area contributed by atoms with Crippen LogP contribution in [0.5, 0.6) is 5.75 Å². The van der Waals surface area contributed by atoms with Crippen LogP contribution in [0.15, 0.2) is 72.8 Å². The first-order valence-electron chi connectivity index (χ1n) is 13.7. The summed E-state index contributed by atoms with van der Waals surface area (Å²) in [7, 11) is 1.60. The number of amides is 2. The molecule has 41 heavy (non-hydrogen) atoms. The molecule has 1 atom stereocenters. The molecule has 0 radical (unpaired) electrons. The van der Waals surface area contributed by atoms with E-state index in [0.717, 1.165) is 42.4 Å². The number of tetrazole rings is 1. The molecule has 4 aromatic rings. The summed E-state index contributed by atoms with van der Waals surface area (Å²) < 4.78 is 5.30. The van der Waals surface area contributed by atoms with Gasteiger partial charge in [-0.3, -0.25) is 9.59 Å². The molecule has 3 aromatic carbocycles. The van der Waals surface area contributed by atoms with Gasteiger partial charge < -0.3 is 15.0 Å². The molecule has 1 aliphatic rings. The maximum Gasteiger partial charge on any atom is 0.247 e. The predicted molar refractivity (Wildman–Crippen MR) is 156 cm³/mol. The summed E-state index contributed by atoms with van der Waals surface area (Å²) >= 11 is 6.18. The Morgan fingerprint density at radius 3 is 2.37 bits per heavy atom. The fraction of sp³-hybridized carbons (Fsp3) is 0.323. The second-order valence-corrected chi connectivity index (χ2v) is 10.8. The summed E-state index contributed by atoms with van der Waals surface area (Å²) in [4.78, 5) is 30.7. The van der Waals surface area contributed by atoms with Gasteiger partial charge in [0.1, 0.15) is 18.3 Å². The molecular weight excluding hydrogens is 540 g/mol. The molecule has 10 heteroatoms. The molecular formula is C31H33ClN6O3. The predicted octanol–water partition coefficient (Wildman–Crippen LogP) is 5.14. The molecule has 212 valence electrons. The van der Waals surface area contributed by atoms with Gasteiger partial charge in [0.2, 0.25) is 17.6 Å². The van der Waals surface area contributed by atoms with E-state index in [-0.39, 0.29) is 30.9 Å². The number of aromatic nitrogens is 4. The number of halogens is 1. The lowest BCUT2D eigenvalue weighted by Crippen LogP contribution is -2.46. The van der Waals surface area contributed by atoms with Gasteiger partial charge in [0.05, 0.1) is 7.11 Å². The molecule has 0 unspecified atom stereocenters. The van der Waals surface area contributed by atoms with Crippen LogP contribution in [-0.2, 0) is 22.7 Å². The van der Waals surface area contributed by atoms with Crippen LogP contribution in [0.25, 0.3) is 11.4 Å². The smallest absolute Gasteiger partial charge is 0.247 e. The van der Waals surface area contributed by atoms with E-state index >= 15 is 0 Å². The van der Waals surface area contributed by atoms with Gasteiger partial charge in [-0.25, -0.2) is 0 Å². The van der Waals surface area contributed by atoms with Crippen molar-refractivity contribution in [2.75, 3.05) is 7.11 Å². The Balaban J connectivity index is 1.47. The van der Waals surface area contributed by atoms with Crippen molar-refractivity contribution < 1.29 is 14.3 Å². The van der Waals surface area contributed by atoms with E-state index in [9.17, 15) is 9.59 Å². The highest BCUT2D eigenvalue weighted by molar-refractivity contribution is 6.30. The topological polar surface area (TPSA) is 102 Å². The van der Waals surface area contributed by atoms with Crippen LogP contribution < -0.4 is 10.1 Å². The molecule has 0 aliphatic heterocycles. The highest BCUT2D eigenvalue weighted by Gasteiger charge is 2.33. The Hall–Kier alpha value is -4.24. The maximum atomic E-state index is 14.0. The third kappa shape index (κ3) is 7.10. The van der Waals surface area contributed by atoms with Crippen molar-refractivity contribution in [2.24, 2.45) is 0 Å². The highest BCUT2D eigenvalue weighted by atomic mass is 35.5. The van der Waals surface area contributed by atoms with Crippen molar-refractivity contribution in [3.05, 3.63) is 94.5 Å². The fourth-order valence-corrected chi connectivity index (χ4v) is 5.19. The number of nitrogens with one attached hydrogen (secondary N) is 1. The lowest BCUT2D eigenvalue weighted by atomic mass is 10.0. The highest BCUT2D eigenvalue weighted by Crippen LogP contribution is 2.28. The number of hydrogen-bond donors (Lipinski definition) is 1. The largest absolute Gasteiger partial charge is 0.497 e. The number of carbonyl (C=O) groups excluding carboxylic acids is 2. The van der Waals surface area contributed by atoms with Crippen LogP contribution in [0.3, 0.4) is 0 Å². The minimum Gasteiger partial charge on any atom is -0.497 e. The summed E-state index contributed by atoms with van der Waals surface area (Å²) in [6.45, 7) is 2.01. The fourth-order valence-electron chi connectivity index (χ4n) is 5.06. The third-order valence-corrected chi connectivity index (χ3v) is 7.57. The van der Waals surface area contributed by atoms with Crippen molar-refractivity contribution >= 4 is 23.4 Å². The van der Waals surface area contributed by atoms with Crippen LogP contribution in [0, 0.1) is 6.92 Å². The number of aryl methyl sites for hydroxylation is 1. The molecule has 0 saturated heterocycles. The summed E-state index contributed by atoms with van der Waals surface area (Å²) in [5.74, 6) is 0.575. The number of carbonyl (C=O) groups is 2. The average molecular weight is 573 g/mol. The average Bonchev–Trinajstić information content (AvgIpc) is 3.67. The minimum absolute atomic E-state index is 0.0873. The van der Waals surface area contributed by atoms with E-state index < -0.39 is 6.04 Å². The number of methoxy groups -OCH3 is 1. The van der Waals surface area contributed by atoms with Gasteiger partial charge in [0.15, 0.2) is 0 Å². The second-order valence-electron chi connectivity index (χ2n) is 10.3. The lowest BCUT2D eigenvalue weighted by Gasteiger charge is -2.32. The van der Waals surface area contributed by atoms with Gasteiger partial charge in [0.25, 0.3) is 0 Å². The normalized spacial score (nSPS) is 14.0. The molecule has 1 fully saturated rings. The zero-order valence-corrected chi connectivity index (χ0v) is 23.9. The summed E-state index contributed by atoms with van der Waals surface area (Å²) in [5, 5.41) is 16.5. The lowest BCUT2D eigenvalue weighted by molar-refractivity contribution is -0.142. The van der Waals surface area contributed by atoms with Crippen LogP contribution in [0.4, 0.5) is 0 Å². The number of rotatable bonds is 10. The van der Waals surface area contributed by atoms with Crippen LogP contribution in [0.1, 0.15) is 48.4 Å². The molecule has 1 aliphatic carbocycles. The van der Waals surface area contributed by atoms with E-state index in [1.165, 1.54) is 4.80 Å². The molecule has 1 saturated carbocycles. The summed E-state index contributed by atoms with van der Waals surface area (Å²) in [6, 6.07) is 21.5. The Bertz CT molecular complexity index is 1470. The molecule has 0 spiro atoms. The number of benzene rings is 3. The number of nitrogens with zero attached hydrogens (tertiary/aromatic N) is 5. The maximum absolute atomic E-state index is 14.0. The molecule has 9 nitrogen and oxygen atoms in total. The third-order valence-electron chi connectivity index (χ3n) is 7.32. The second kappa shape index (κ2) is 13.0. The first-order chi connectivity index (χ1) is 19.9. The SMILES string of the molecule is COc1ccc(CN(C(=O)Cn2nnc(-c3ccc(C)cc3)n2)[C@H](C(=O)NC2CCCC2)c2ccc(Cl)cc2)cc1. The van der Waals surface area contributed by atoms with Crippen LogP contribution in [0.2, 0.25) is 5.02 Å². The van der Waals surface area contributed by atoms with E-state index in [4.69, 9.17) is 16.3 Å². The molecule has 1 aromatic heterocycles. The first-order valence-corrected chi connectivity index (χ1v) is 14.1. The van der Waals surface area contributed by atoms with Crippen molar-refractivity contribution in [1.29, 1.82) is 0 Å². The van der Waals surface area contributed by atoms with Crippen molar-refractivity contribution in [1.82, 2.24) is 30.4 Å². The molecule has 1 heterocycles. The van der Waals surface area contributed by atoms with Gasteiger partial charge in [-0.05, 0) is 60.4 Å². The first kappa shape index (κ1) is 28.3. The Labute approximate surface area is 244 Å². The van der Waals surface area contributed by atoms with Gasteiger partial charge in [0, 0.05) is 23.2 Å². The van der Waals surface area contributed by atoms with Gasteiger partial charge >= 0.3 is 0 Å². The molecule has 1 N–H and O–H groups in total. The van der Waals surface area contributed by atoms with Crippen molar-refractivity contribution in [3.63, 3.8) is 0 Å². The van der Waals surface area contributed by atoms with Gasteiger partial charge in [-0.2, -0.15) is 4.80 Å². The van der Waals surface area contributed by atoms with Gasteiger partial charge in [-0.15, -0.1) is 10.2 Å². The minimum atomic E-state index is -0.887. The number of hydrogen-bond acceptors (Lipinski definition) is 6. The van der Waals surface area contributed by atoms with Gasteiger partial charge in [-0.1, -0.05) is 78.5 Å². The van der Waals surface area contributed by atoms with E-state index in [1.54, 1.807) is 36.3 Å². The molecule has 5 rings (SSSR count). The molecule has 2 amide bonds. The Morgan fingerprint density at radius 2 is 1.71 bits per heavy atom. The van der Waals surface area contributed by atoms with E-state index in [0.29, 0.717) is 22.2 Å². The monoisotopic (exact) mass is 572 g/mol. The standard InChI is InChI=1S/C31H33ClN6O3/c1-21-7-11-24(12-8-21)30-34-36-38(35-30)20-28(39)37(19-22-9-17-27(41-2)18-10-22)29(23-13-15-25(32)16-14-23)31(40)33-26-5-3-4-6-26/h7-18,26,29H,3-6,19-20H2,1-2H3,(H,33,40)/t29-/m0/s1. The van der Waals surface area contributed by atoms with E-state index in [1.807, 2.05) is 55.5 Å². The summed E-state index contributed by atoms with van der Waals surface area (Å²) in [5.41, 5.74) is 3.44. The van der Waals surface area contributed by atoms with Crippen molar-refractivity contribution in [2.45, 2.75) is 57.8 Å². The van der Waals surface area contributed by atoms with Crippen molar-refractivity contribution in [3.8, 4) is 17.1 Å². The number of ether oxygens (including phenoxy) is 1. The van der Waals surface area contributed by atoms with E-state index in [2.05, 4.69) is 20.7 Å². The quantitative estimate of drug-likeness (QED) is 0.282.